The van der Waals surface area contributed by atoms with Crippen LogP contribution < -0.4 is 0 Å². The van der Waals surface area contributed by atoms with Crippen molar-refractivity contribution >= 4 is 11.8 Å². The molecule has 0 spiro atoms. The van der Waals surface area contributed by atoms with Crippen molar-refractivity contribution < 1.29 is 19.1 Å². The van der Waals surface area contributed by atoms with Gasteiger partial charge in [-0.1, -0.05) is 18.7 Å². The SMILES string of the molecule is C=C(C)OCCOCCN1C(=O)c2ccccc2C1=O. The molecule has 20 heavy (non-hydrogen) atoms. The fraction of sp³-hybridized carbons (Fsp3) is 0.333. The third kappa shape index (κ3) is 3.05. The molecule has 0 saturated carbocycles. The van der Waals surface area contributed by atoms with Crippen LogP contribution in [0.3, 0.4) is 0 Å². The Bertz CT molecular complexity index is 503. The molecule has 106 valence electrons. The highest BCUT2D eigenvalue weighted by atomic mass is 16.5. The second kappa shape index (κ2) is 6.34. The third-order valence-corrected chi connectivity index (χ3v) is 2.91. The largest absolute Gasteiger partial charge is 0.496 e. The highest BCUT2D eigenvalue weighted by molar-refractivity contribution is 6.21. The molecule has 0 atom stereocenters. The predicted octanol–water partition coefficient (Wildman–Crippen LogP) is 1.85. The fourth-order valence-electron chi connectivity index (χ4n) is 1.97. The first-order valence-corrected chi connectivity index (χ1v) is 6.42. The second-order valence-corrected chi connectivity index (χ2v) is 4.47. The average Bonchev–Trinajstić information content (AvgIpc) is 2.67. The van der Waals surface area contributed by atoms with Crippen LogP contribution in [0.1, 0.15) is 27.6 Å². The number of benzene rings is 1. The minimum absolute atomic E-state index is 0.249. The van der Waals surface area contributed by atoms with E-state index in [9.17, 15) is 9.59 Å². The zero-order chi connectivity index (χ0) is 14.5. The lowest BCUT2D eigenvalue weighted by molar-refractivity contribution is 0.0479. The summed E-state index contributed by atoms with van der Waals surface area (Å²) in [6, 6.07) is 6.83. The number of carbonyl (C=O) groups excluding carboxylic acids is 2. The van der Waals surface area contributed by atoms with E-state index in [2.05, 4.69) is 6.58 Å². The summed E-state index contributed by atoms with van der Waals surface area (Å²) < 4.78 is 10.5. The summed E-state index contributed by atoms with van der Waals surface area (Å²) in [7, 11) is 0. The molecule has 0 aromatic heterocycles. The van der Waals surface area contributed by atoms with Gasteiger partial charge < -0.3 is 9.47 Å². The van der Waals surface area contributed by atoms with E-state index in [-0.39, 0.29) is 18.4 Å². The average molecular weight is 275 g/mol. The van der Waals surface area contributed by atoms with Crippen molar-refractivity contribution in [3.05, 3.63) is 47.7 Å². The van der Waals surface area contributed by atoms with Crippen molar-refractivity contribution in [2.24, 2.45) is 0 Å². The van der Waals surface area contributed by atoms with Crippen LogP contribution in [0.15, 0.2) is 36.6 Å². The van der Waals surface area contributed by atoms with Gasteiger partial charge in [0.1, 0.15) is 6.61 Å². The van der Waals surface area contributed by atoms with Crippen LogP contribution >= 0.6 is 0 Å². The molecule has 0 aliphatic carbocycles. The van der Waals surface area contributed by atoms with Gasteiger partial charge in [-0.25, -0.2) is 0 Å². The Morgan fingerprint density at radius 1 is 1.10 bits per heavy atom. The molecule has 0 bridgehead atoms. The molecular formula is C15H17NO4. The first kappa shape index (κ1) is 14.3. The summed E-state index contributed by atoms with van der Waals surface area (Å²) in [5.74, 6) is 0.119. The Balaban J connectivity index is 1.79. The molecule has 1 heterocycles. The Kier molecular flexibility index (Phi) is 4.53. The summed E-state index contributed by atoms with van der Waals surface area (Å²) in [5.41, 5.74) is 0.922. The molecule has 1 aliphatic heterocycles. The monoisotopic (exact) mass is 275 g/mol. The van der Waals surface area contributed by atoms with Gasteiger partial charge in [0.15, 0.2) is 0 Å². The lowest BCUT2D eigenvalue weighted by Crippen LogP contribution is -2.33. The minimum atomic E-state index is -0.257. The number of allylic oxidation sites excluding steroid dienone is 1. The summed E-state index contributed by atoms with van der Waals surface area (Å²) in [6.45, 7) is 6.73. The van der Waals surface area contributed by atoms with Crippen molar-refractivity contribution in [3.63, 3.8) is 0 Å². The molecule has 1 aliphatic rings. The van der Waals surface area contributed by atoms with Crippen LogP contribution in [0, 0.1) is 0 Å². The normalized spacial score (nSPS) is 13.6. The standard InChI is InChI=1S/C15H17NO4/c1-11(2)20-10-9-19-8-7-16-14(17)12-5-3-4-6-13(12)15(16)18/h3-6H,1,7-10H2,2H3. The van der Waals surface area contributed by atoms with E-state index in [1.54, 1.807) is 31.2 Å². The number of carbonyl (C=O) groups is 2. The molecule has 0 fully saturated rings. The highest BCUT2D eigenvalue weighted by Gasteiger charge is 2.34. The number of ether oxygens (including phenoxy) is 2. The number of rotatable bonds is 7. The first-order chi connectivity index (χ1) is 9.61. The molecule has 0 N–H and O–H groups in total. The van der Waals surface area contributed by atoms with Gasteiger partial charge in [-0.2, -0.15) is 0 Å². The van der Waals surface area contributed by atoms with E-state index in [0.29, 0.717) is 36.7 Å². The van der Waals surface area contributed by atoms with Crippen molar-refractivity contribution in [2.75, 3.05) is 26.4 Å². The van der Waals surface area contributed by atoms with Crippen LogP contribution in [-0.2, 0) is 9.47 Å². The quantitative estimate of drug-likeness (QED) is 0.433. The van der Waals surface area contributed by atoms with Crippen molar-refractivity contribution in [2.45, 2.75) is 6.92 Å². The third-order valence-electron chi connectivity index (χ3n) is 2.91. The number of fused-ring (bicyclic) bond motifs is 1. The van der Waals surface area contributed by atoms with Crippen molar-refractivity contribution in [1.82, 2.24) is 4.90 Å². The van der Waals surface area contributed by atoms with Crippen molar-refractivity contribution in [1.29, 1.82) is 0 Å². The molecule has 5 nitrogen and oxygen atoms in total. The van der Waals surface area contributed by atoms with Gasteiger partial charge in [0.05, 0.1) is 36.6 Å². The highest BCUT2D eigenvalue weighted by Crippen LogP contribution is 2.21. The van der Waals surface area contributed by atoms with Gasteiger partial charge in [-0.3, -0.25) is 14.5 Å². The topological polar surface area (TPSA) is 55.8 Å². The fourth-order valence-corrected chi connectivity index (χ4v) is 1.97. The molecule has 2 amide bonds. The molecule has 1 aromatic rings. The molecule has 0 unspecified atom stereocenters. The summed E-state index contributed by atoms with van der Waals surface area (Å²) in [5, 5.41) is 0. The minimum Gasteiger partial charge on any atom is -0.496 e. The number of nitrogens with zero attached hydrogens (tertiary/aromatic N) is 1. The van der Waals surface area contributed by atoms with Crippen LogP contribution in [0.4, 0.5) is 0 Å². The van der Waals surface area contributed by atoms with Crippen LogP contribution in [-0.4, -0.2) is 43.1 Å². The van der Waals surface area contributed by atoms with E-state index >= 15 is 0 Å². The Morgan fingerprint density at radius 2 is 1.70 bits per heavy atom. The summed E-state index contributed by atoms with van der Waals surface area (Å²) in [4.78, 5) is 25.3. The maximum Gasteiger partial charge on any atom is 0.261 e. The predicted molar refractivity (Wildman–Crippen MR) is 73.4 cm³/mol. The Morgan fingerprint density at radius 3 is 2.25 bits per heavy atom. The van der Waals surface area contributed by atoms with Crippen LogP contribution in [0.25, 0.3) is 0 Å². The lowest BCUT2D eigenvalue weighted by atomic mass is 10.1. The van der Waals surface area contributed by atoms with Crippen LogP contribution in [0.2, 0.25) is 0 Å². The molecule has 1 aromatic carbocycles. The van der Waals surface area contributed by atoms with E-state index in [1.165, 1.54) is 4.90 Å². The molecule has 0 radical (unpaired) electrons. The van der Waals surface area contributed by atoms with Gasteiger partial charge in [-0.05, 0) is 19.1 Å². The Hall–Kier alpha value is -2.14. The zero-order valence-corrected chi connectivity index (χ0v) is 11.4. The summed E-state index contributed by atoms with van der Waals surface area (Å²) in [6.07, 6.45) is 0. The molecule has 5 heteroatoms. The number of amides is 2. The van der Waals surface area contributed by atoms with Crippen LogP contribution in [0.5, 0.6) is 0 Å². The smallest absolute Gasteiger partial charge is 0.261 e. The van der Waals surface area contributed by atoms with Gasteiger partial charge >= 0.3 is 0 Å². The van der Waals surface area contributed by atoms with E-state index < -0.39 is 0 Å². The lowest BCUT2D eigenvalue weighted by Gasteiger charge is -2.13. The maximum absolute atomic E-state index is 12.0. The van der Waals surface area contributed by atoms with Crippen molar-refractivity contribution in [3.8, 4) is 0 Å². The number of imide groups is 1. The second-order valence-electron chi connectivity index (χ2n) is 4.47. The van der Waals surface area contributed by atoms with Gasteiger partial charge in [0, 0.05) is 0 Å². The van der Waals surface area contributed by atoms with E-state index in [0.717, 1.165) is 0 Å². The molecule has 2 rings (SSSR count). The van der Waals surface area contributed by atoms with Gasteiger partial charge in [-0.15, -0.1) is 0 Å². The van der Waals surface area contributed by atoms with E-state index in [1.807, 2.05) is 0 Å². The van der Waals surface area contributed by atoms with Gasteiger partial charge in [0.25, 0.3) is 11.8 Å². The zero-order valence-electron chi connectivity index (χ0n) is 11.4. The maximum atomic E-state index is 12.0. The first-order valence-electron chi connectivity index (χ1n) is 6.42. The van der Waals surface area contributed by atoms with Gasteiger partial charge in [0.2, 0.25) is 0 Å². The Labute approximate surface area is 117 Å². The number of hydrogen-bond acceptors (Lipinski definition) is 4. The summed E-state index contributed by atoms with van der Waals surface area (Å²) >= 11 is 0. The van der Waals surface area contributed by atoms with E-state index in [4.69, 9.17) is 9.47 Å². The molecule has 0 saturated heterocycles. The molecular weight excluding hydrogens is 258 g/mol. The number of hydrogen-bond donors (Lipinski definition) is 0.